The Labute approximate surface area is 62.2 Å². The van der Waals surface area contributed by atoms with Crippen LogP contribution in [0.15, 0.2) is 32.1 Å². The molecule has 2 rings (SSSR count). The third kappa shape index (κ3) is 0.852. The van der Waals surface area contributed by atoms with Crippen LogP contribution in [-0.2, 0) is 0 Å². The molecule has 0 unspecified atom stereocenters. The predicted octanol–water partition coefficient (Wildman–Crippen LogP) is 1.69. The van der Waals surface area contributed by atoms with Gasteiger partial charge in [-0.2, -0.15) is 0 Å². The molecule has 0 radical (unpaired) electrons. The summed E-state index contributed by atoms with van der Waals surface area (Å²) in [5, 5.41) is 0.505. The first kappa shape index (κ1) is 6.22. The molecule has 0 atom stereocenters. The average Bonchev–Trinajstić information content (AvgIpc) is 2.33. The number of rotatable bonds is 0. The lowest BCUT2D eigenvalue weighted by molar-refractivity contribution is 0.0658. The molecule has 0 saturated heterocycles. The van der Waals surface area contributed by atoms with Crippen LogP contribution in [0, 0.1) is 6.92 Å². The van der Waals surface area contributed by atoms with Gasteiger partial charge < -0.3 is 0 Å². The van der Waals surface area contributed by atoms with Gasteiger partial charge in [-0.15, -0.1) is 0 Å². The third-order valence-corrected chi connectivity index (χ3v) is 1.56. The van der Waals surface area contributed by atoms with Crippen molar-refractivity contribution in [3.05, 3.63) is 34.2 Å². The Balaban J connectivity index is 2.99. The summed E-state index contributed by atoms with van der Waals surface area (Å²) in [5.41, 5.74) is 1.11. The second-order valence-electron chi connectivity index (χ2n) is 2.45. The number of benzene rings is 1. The predicted molar refractivity (Wildman–Crippen MR) is 39.5 cm³/mol. The van der Waals surface area contributed by atoms with Crippen LogP contribution in [0.2, 0.25) is 0 Å². The van der Waals surface area contributed by atoms with Crippen LogP contribution in [0.4, 0.5) is 0 Å². The quantitative estimate of drug-likeness (QED) is 0.537. The van der Waals surface area contributed by atoms with Gasteiger partial charge in [0.15, 0.2) is 5.58 Å². The zero-order valence-electron chi connectivity index (χ0n) is 5.96. The Hall–Kier alpha value is -1.51. The molecule has 56 valence electrons. The zero-order valence-corrected chi connectivity index (χ0v) is 5.96. The van der Waals surface area contributed by atoms with E-state index in [1.54, 1.807) is 12.1 Å². The van der Waals surface area contributed by atoms with Gasteiger partial charge >= 0.3 is 5.63 Å². The summed E-state index contributed by atoms with van der Waals surface area (Å²) in [4.78, 5) is 10.9. The minimum atomic E-state index is -0.413. The van der Waals surface area contributed by atoms with Crippen molar-refractivity contribution in [2.75, 3.05) is 0 Å². The van der Waals surface area contributed by atoms with Crippen LogP contribution in [0.3, 0.4) is 0 Å². The topological polar surface area (TPSA) is 43.4 Å². The standard InChI is InChI=1S/C8H6O3/c1-5-2-3-7-6(4-5)8(9)11-10-7/h2-4H,1H3. The van der Waals surface area contributed by atoms with Crippen LogP contribution in [-0.4, -0.2) is 0 Å². The summed E-state index contributed by atoms with van der Waals surface area (Å²) in [7, 11) is 0. The maximum absolute atomic E-state index is 10.9. The summed E-state index contributed by atoms with van der Waals surface area (Å²) < 4.78 is 8.96. The van der Waals surface area contributed by atoms with Gasteiger partial charge in [0.1, 0.15) is 5.39 Å². The van der Waals surface area contributed by atoms with E-state index in [0.29, 0.717) is 11.0 Å². The lowest BCUT2D eigenvalue weighted by Gasteiger charge is -1.85. The molecule has 0 aliphatic rings. The largest absolute Gasteiger partial charge is 0.390 e. The van der Waals surface area contributed by atoms with Gasteiger partial charge in [-0.1, -0.05) is 6.07 Å². The first-order valence-corrected chi connectivity index (χ1v) is 3.27. The summed E-state index contributed by atoms with van der Waals surface area (Å²) in [6, 6.07) is 5.32. The fraction of sp³-hybridized carbons (Fsp3) is 0.125. The van der Waals surface area contributed by atoms with Gasteiger partial charge in [-0.25, -0.2) is 9.37 Å². The van der Waals surface area contributed by atoms with Crippen molar-refractivity contribution in [2.45, 2.75) is 6.92 Å². The minimum absolute atomic E-state index is 0.413. The molecule has 2 aromatic rings. The van der Waals surface area contributed by atoms with Gasteiger partial charge in [-0.05, 0) is 24.6 Å². The molecule has 0 N–H and O–H groups in total. The molecule has 1 aromatic heterocycles. The monoisotopic (exact) mass is 150 g/mol. The molecule has 0 fully saturated rings. The second-order valence-corrected chi connectivity index (χ2v) is 2.45. The maximum atomic E-state index is 10.9. The Morgan fingerprint density at radius 2 is 2.09 bits per heavy atom. The van der Waals surface area contributed by atoms with E-state index in [-0.39, 0.29) is 0 Å². The molecule has 3 nitrogen and oxygen atoms in total. The summed E-state index contributed by atoms with van der Waals surface area (Å²) in [6.45, 7) is 1.91. The van der Waals surface area contributed by atoms with E-state index < -0.39 is 5.63 Å². The molecule has 3 heteroatoms. The molecule has 1 heterocycles. The Bertz CT molecular complexity index is 436. The van der Waals surface area contributed by atoms with Crippen LogP contribution in [0.5, 0.6) is 0 Å². The van der Waals surface area contributed by atoms with E-state index in [2.05, 4.69) is 9.15 Å². The zero-order chi connectivity index (χ0) is 7.84. The summed E-state index contributed by atoms with van der Waals surface area (Å²) in [6.07, 6.45) is 0. The van der Waals surface area contributed by atoms with Crippen molar-refractivity contribution >= 4 is 11.0 Å². The first-order valence-electron chi connectivity index (χ1n) is 3.27. The fourth-order valence-corrected chi connectivity index (χ4v) is 1.00. The van der Waals surface area contributed by atoms with Gasteiger partial charge in [0, 0.05) is 0 Å². The molecule has 0 spiro atoms. The number of aryl methyl sites for hydroxylation is 1. The highest BCUT2D eigenvalue weighted by molar-refractivity contribution is 5.75. The molecular weight excluding hydrogens is 144 g/mol. The molecular formula is C8H6O3. The SMILES string of the molecule is Cc1ccc2ooc(=O)c2c1. The van der Waals surface area contributed by atoms with Gasteiger partial charge in [0.2, 0.25) is 0 Å². The normalized spacial score (nSPS) is 10.6. The second kappa shape index (κ2) is 1.99. The first-order chi connectivity index (χ1) is 5.27. The van der Waals surface area contributed by atoms with Crippen molar-refractivity contribution in [1.29, 1.82) is 0 Å². The highest BCUT2D eigenvalue weighted by Gasteiger charge is 2.03. The molecule has 1 aromatic carbocycles. The summed E-state index contributed by atoms with van der Waals surface area (Å²) >= 11 is 0. The fourth-order valence-electron chi connectivity index (χ4n) is 1.00. The minimum Gasteiger partial charge on any atom is -0.286 e. The Morgan fingerprint density at radius 3 is 2.91 bits per heavy atom. The van der Waals surface area contributed by atoms with E-state index in [0.717, 1.165) is 5.56 Å². The lowest BCUT2D eigenvalue weighted by Crippen LogP contribution is -1.90. The maximum Gasteiger partial charge on any atom is 0.390 e. The Morgan fingerprint density at radius 1 is 1.27 bits per heavy atom. The van der Waals surface area contributed by atoms with E-state index in [9.17, 15) is 4.79 Å². The molecule has 0 aliphatic carbocycles. The lowest BCUT2D eigenvalue weighted by atomic mass is 10.2. The van der Waals surface area contributed by atoms with Gasteiger partial charge in [0.25, 0.3) is 0 Å². The van der Waals surface area contributed by atoms with E-state index in [4.69, 9.17) is 0 Å². The van der Waals surface area contributed by atoms with Crippen LogP contribution < -0.4 is 5.63 Å². The molecule has 0 aliphatic heterocycles. The number of hydrogen-bond acceptors (Lipinski definition) is 3. The number of hydrogen-bond donors (Lipinski definition) is 0. The van der Waals surface area contributed by atoms with Crippen molar-refractivity contribution in [1.82, 2.24) is 0 Å². The Kier molecular flexibility index (Phi) is 1.12. The van der Waals surface area contributed by atoms with Crippen molar-refractivity contribution in [3.63, 3.8) is 0 Å². The van der Waals surface area contributed by atoms with E-state index >= 15 is 0 Å². The van der Waals surface area contributed by atoms with Gasteiger partial charge in [0.05, 0.1) is 0 Å². The van der Waals surface area contributed by atoms with Crippen LogP contribution >= 0.6 is 0 Å². The van der Waals surface area contributed by atoms with Crippen molar-refractivity contribution < 1.29 is 9.15 Å². The van der Waals surface area contributed by atoms with Crippen molar-refractivity contribution in [3.8, 4) is 0 Å². The highest BCUT2D eigenvalue weighted by Crippen LogP contribution is 2.11. The summed E-state index contributed by atoms with van der Waals surface area (Å²) in [5.74, 6) is 0. The average molecular weight is 150 g/mol. The number of fused-ring (bicyclic) bond motifs is 1. The van der Waals surface area contributed by atoms with Gasteiger partial charge in [-0.3, -0.25) is 4.58 Å². The van der Waals surface area contributed by atoms with Crippen LogP contribution in [0.25, 0.3) is 11.0 Å². The van der Waals surface area contributed by atoms with E-state index in [1.165, 1.54) is 0 Å². The van der Waals surface area contributed by atoms with E-state index in [1.807, 2.05) is 13.0 Å². The molecule has 0 saturated carbocycles. The third-order valence-electron chi connectivity index (χ3n) is 1.56. The van der Waals surface area contributed by atoms with Crippen LogP contribution in [0.1, 0.15) is 5.56 Å². The van der Waals surface area contributed by atoms with Crippen molar-refractivity contribution in [2.24, 2.45) is 0 Å². The molecule has 0 amide bonds. The molecule has 11 heavy (non-hydrogen) atoms. The smallest absolute Gasteiger partial charge is 0.286 e. The molecule has 0 bridgehead atoms. The highest BCUT2D eigenvalue weighted by atomic mass is 17.0.